The van der Waals surface area contributed by atoms with Crippen LogP contribution < -0.4 is 4.90 Å². The Hall–Kier alpha value is -2.44. The van der Waals surface area contributed by atoms with Crippen molar-refractivity contribution < 1.29 is 19.4 Å². The Morgan fingerprint density at radius 3 is 2.78 bits per heavy atom. The van der Waals surface area contributed by atoms with E-state index in [1.54, 1.807) is 6.92 Å². The lowest BCUT2D eigenvalue weighted by Crippen LogP contribution is -2.29. The van der Waals surface area contributed by atoms with Gasteiger partial charge in [0.1, 0.15) is 6.61 Å². The van der Waals surface area contributed by atoms with Gasteiger partial charge in [-0.1, -0.05) is 12.7 Å². The Labute approximate surface area is 104 Å². The van der Waals surface area contributed by atoms with Crippen LogP contribution in [0.1, 0.15) is 16.2 Å². The summed E-state index contributed by atoms with van der Waals surface area (Å²) < 4.78 is 4.79. The second kappa shape index (κ2) is 5.76. The first-order valence-corrected chi connectivity index (χ1v) is 5.06. The van der Waals surface area contributed by atoms with E-state index in [1.807, 2.05) is 0 Å². The lowest BCUT2D eigenvalue weighted by molar-refractivity contribution is 0.0690. The molecule has 1 amide bonds. The molecule has 1 N–H and O–H groups in total. The van der Waals surface area contributed by atoms with Crippen LogP contribution in [-0.2, 0) is 4.74 Å². The number of nitrogens with zero attached hydrogens (tertiary/aromatic N) is 3. The van der Waals surface area contributed by atoms with Crippen LogP contribution in [0, 0.1) is 6.92 Å². The van der Waals surface area contributed by atoms with Crippen LogP contribution in [0.3, 0.4) is 0 Å². The molecule has 0 aromatic carbocycles. The SMILES string of the molecule is C=CCOC(=O)N(C)c1nc(C)cc(C(=O)O)n1. The topological polar surface area (TPSA) is 92.6 Å². The Balaban J connectivity index is 2.98. The van der Waals surface area contributed by atoms with Crippen LogP contribution in [0.25, 0.3) is 0 Å². The maximum atomic E-state index is 11.5. The van der Waals surface area contributed by atoms with E-state index in [0.29, 0.717) is 5.69 Å². The first-order valence-electron chi connectivity index (χ1n) is 5.06. The van der Waals surface area contributed by atoms with E-state index in [2.05, 4.69) is 16.5 Å². The highest BCUT2D eigenvalue weighted by Crippen LogP contribution is 2.10. The summed E-state index contributed by atoms with van der Waals surface area (Å²) in [6.45, 7) is 5.08. The van der Waals surface area contributed by atoms with Crippen LogP contribution in [0.5, 0.6) is 0 Å². The summed E-state index contributed by atoms with van der Waals surface area (Å²) in [6.07, 6.45) is 0.739. The average molecular weight is 251 g/mol. The Morgan fingerprint density at radius 2 is 2.22 bits per heavy atom. The van der Waals surface area contributed by atoms with Crippen molar-refractivity contribution in [1.29, 1.82) is 0 Å². The lowest BCUT2D eigenvalue weighted by atomic mass is 10.3. The van der Waals surface area contributed by atoms with Gasteiger partial charge in [-0.3, -0.25) is 0 Å². The number of hydrogen-bond acceptors (Lipinski definition) is 5. The standard InChI is InChI=1S/C11H13N3O4/c1-4-5-18-11(17)14(3)10-12-7(2)6-8(13-10)9(15)16/h4,6H,1,5H2,2-3H3,(H,15,16). The highest BCUT2D eigenvalue weighted by Gasteiger charge is 2.17. The second-order valence-electron chi connectivity index (χ2n) is 3.42. The van der Waals surface area contributed by atoms with Crippen LogP contribution >= 0.6 is 0 Å². The zero-order chi connectivity index (χ0) is 13.7. The fraction of sp³-hybridized carbons (Fsp3) is 0.273. The van der Waals surface area contributed by atoms with Gasteiger partial charge in [0.15, 0.2) is 5.69 Å². The third kappa shape index (κ3) is 3.27. The van der Waals surface area contributed by atoms with Gasteiger partial charge in [0.2, 0.25) is 5.95 Å². The second-order valence-corrected chi connectivity index (χ2v) is 3.42. The van der Waals surface area contributed by atoms with E-state index in [-0.39, 0.29) is 18.2 Å². The van der Waals surface area contributed by atoms with Crippen LogP contribution in [0.15, 0.2) is 18.7 Å². The molecule has 0 saturated carbocycles. The molecule has 0 unspecified atom stereocenters. The molecule has 0 spiro atoms. The predicted molar refractivity (Wildman–Crippen MR) is 63.7 cm³/mol. The molecule has 7 heteroatoms. The van der Waals surface area contributed by atoms with E-state index in [4.69, 9.17) is 9.84 Å². The number of carbonyl (C=O) groups is 2. The van der Waals surface area contributed by atoms with E-state index in [1.165, 1.54) is 19.2 Å². The number of carbonyl (C=O) groups excluding carboxylic acids is 1. The molecule has 0 aliphatic rings. The van der Waals surface area contributed by atoms with Gasteiger partial charge in [-0.15, -0.1) is 0 Å². The van der Waals surface area contributed by atoms with Gasteiger partial charge in [-0.2, -0.15) is 0 Å². The molecular weight excluding hydrogens is 238 g/mol. The molecule has 96 valence electrons. The number of aromatic nitrogens is 2. The number of hydrogen-bond donors (Lipinski definition) is 1. The summed E-state index contributed by atoms with van der Waals surface area (Å²) in [4.78, 5) is 31.1. The molecule has 1 aromatic heterocycles. The van der Waals surface area contributed by atoms with Crippen LogP contribution in [0.2, 0.25) is 0 Å². The van der Waals surface area contributed by atoms with Crippen molar-refractivity contribution in [2.75, 3.05) is 18.6 Å². The smallest absolute Gasteiger partial charge is 0.416 e. The van der Waals surface area contributed by atoms with E-state index >= 15 is 0 Å². The molecule has 1 aromatic rings. The zero-order valence-electron chi connectivity index (χ0n) is 10.1. The molecule has 0 aliphatic heterocycles. The van der Waals surface area contributed by atoms with Crippen molar-refractivity contribution in [2.24, 2.45) is 0 Å². The number of carboxylic acid groups (broad SMARTS) is 1. The molecule has 0 saturated heterocycles. The number of amides is 1. The van der Waals surface area contributed by atoms with Crippen LogP contribution in [0.4, 0.5) is 10.7 Å². The molecule has 0 atom stereocenters. The molecule has 1 rings (SSSR count). The largest absolute Gasteiger partial charge is 0.477 e. The van der Waals surface area contributed by atoms with Gasteiger partial charge >= 0.3 is 12.1 Å². The van der Waals surface area contributed by atoms with Crippen molar-refractivity contribution in [3.63, 3.8) is 0 Å². The summed E-state index contributed by atoms with van der Waals surface area (Å²) in [5.74, 6) is -1.21. The van der Waals surface area contributed by atoms with Crippen molar-refractivity contribution in [3.8, 4) is 0 Å². The number of anilines is 1. The quantitative estimate of drug-likeness (QED) is 0.809. The number of ether oxygens (including phenoxy) is 1. The average Bonchev–Trinajstić information content (AvgIpc) is 2.34. The minimum atomic E-state index is -1.19. The van der Waals surface area contributed by atoms with E-state index < -0.39 is 12.1 Å². The highest BCUT2D eigenvalue weighted by atomic mass is 16.6. The first-order chi connectivity index (χ1) is 8.45. The maximum Gasteiger partial charge on any atom is 0.416 e. The number of rotatable bonds is 4. The third-order valence-electron chi connectivity index (χ3n) is 1.96. The summed E-state index contributed by atoms with van der Waals surface area (Å²) in [6, 6.07) is 1.31. The Bertz CT molecular complexity index is 487. The fourth-order valence-corrected chi connectivity index (χ4v) is 1.12. The monoisotopic (exact) mass is 251 g/mol. The fourth-order valence-electron chi connectivity index (χ4n) is 1.12. The Morgan fingerprint density at radius 1 is 1.56 bits per heavy atom. The molecule has 7 nitrogen and oxygen atoms in total. The van der Waals surface area contributed by atoms with Gasteiger partial charge in [-0.25, -0.2) is 24.5 Å². The molecule has 0 aliphatic carbocycles. The minimum Gasteiger partial charge on any atom is -0.477 e. The van der Waals surface area contributed by atoms with E-state index in [9.17, 15) is 9.59 Å². The van der Waals surface area contributed by atoms with E-state index in [0.717, 1.165) is 4.90 Å². The summed E-state index contributed by atoms with van der Waals surface area (Å²) in [7, 11) is 1.39. The zero-order valence-corrected chi connectivity index (χ0v) is 10.1. The lowest BCUT2D eigenvalue weighted by Gasteiger charge is -2.15. The molecule has 0 bridgehead atoms. The normalized spacial score (nSPS) is 9.67. The van der Waals surface area contributed by atoms with Gasteiger partial charge in [0.05, 0.1) is 0 Å². The van der Waals surface area contributed by atoms with Crippen molar-refractivity contribution >= 4 is 18.0 Å². The number of aryl methyl sites for hydroxylation is 1. The third-order valence-corrected chi connectivity index (χ3v) is 1.96. The predicted octanol–water partition coefficient (Wildman–Crippen LogP) is 1.24. The number of aromatic carboxylic acids is 1. The van der Waals surface area contributed by atoms with Gasteiger partial charge in [0.25, 0.3) is 0 Å². The van der Waals surface area contributed by atoms with Gasteiger partial charge in [0, 0.05) is 12.7 Å². The molecular formula is C11H13N3O4. The van der Waals surface area contributed by atoms with Gasteiger partial charge < -0.3 is 9.84 Å². The van der Waals surface area contributed by atoms with Crippen molar-refractivity contribution in [2.45, 2.75) is 6.92 Å². The summed E-state index contributed by atoms with van der Waals surface area (Å²) in [5, 5.41) is 8.86. The number of carboxylic acids is 1. The molecule has 0 fully saturated rings. The molecule has 0 radical (unpaired) electrons. The molecule has 18 heavy (non-hydrogen) atoms. The maximum absolute atomic E-state index is 11.5. The summed E-state index contributed by atoms with van der Waals surface area (Å²) >= 11 is 0. The van der Waals surface area contributed by atoms with Crippen molar-refractivity contribution in [1.82, 2.24) is 9.97 Å². The molecule has 1 heterocycles. The Kier molecular flexibility index (Phi) is 4.36. The van der Waals surface area contributed by atoms with Crippen LogP contribution in [-0.4, -0.2) is 40.8 Å². The summed E-state index contributed by atoms with van der Waals surface area (Å²) in [5.41, 5.74) is 0.265. The highest BCUT2D eigenvalue weighted by molar-refractivity contribution is 5.88. The first kappa shape index (κ1) is 13.6. The minimum absolute atomic E-state index is 0.0264. The van der Waals surface area contributed by atoms with Gasteiger partial charge in [-0.05, 0) is 13.0 Å². The van der Waals surface area contributed by atoms with Crippen molar-refractivity contribution in [3.05, 3.63) is 30.1 Å².